The zero-order valence-electron chi connectivity index (χ0n) is 13.7. The first-order valence-electron chi connectivity index (χ1n) is 7.69. The highest BCUT2D eigenvalue weighted by molar-refractivity contribution is 7.88. The molecule has 1 aromatic heterocycles. The molecule has 7 nitrogen and oxygen atoms in total. The van der Waals surface area contributed by atoms with Crippen molar-refractivity contribution in [2.45, 2.75) is 5.75 Å². The van der Waals surface area contributed by atoms with E-state index in [1.54, 1.807) is 36.5 Å². The van der Waals surface area contributed by atoms with Crippen LogP contribution in [0.15, 0.2) is 60.8 Å². The molecule has 0 spiro atoms. The van der Waals surface area contributed by atoms with E-state index in [0.29, 0.717) is 16.9 Å². The molecule has 0 fully saturated rings. The first-order chi connectivity index (χ1) is 12.4. The highest BCUT2D eigenvalue weighted by Crippen LogP contribution is 2.12. The molecular weight excluding hydrogens is 352 g/mol. The number of aromatic nitrogens is 2. The summed E-state index contributed by atoms with van der Waals surface area (Å²) in [5.74, 6) is -0.582. The minimum atomic E-state index is -3.58. The third-order valence-electron chi connectivity index (χ3n) is 3.46. The number of nitrogens with zero attached hydrogens (tertiary/aromatic N) is 2. The van der Waals surface area contributed by atoms with Crippen molar-refractivity contribution >= 4 is 38.7 Å². The maximum Gasteiger partial charge on any atom is 0.248 e. The van der Waals surface area contributed by atoms with Crippen molar-refractivity contribution in [3.05, 3.63) is 72.1 Å². The summed E-state index contributed by atoms with van der Waals surface area (Å²) in [6, 6.07) is 13.9. The number of nitrogens with two attached hydrogens (primary N) is 1. The summed E-state index contributed by atoms with van der Waals surface area (Å²) in [5.41, 5.74) is 3.20. The fourth-order valence-electron chi connectivity index (χ4n) is 2.31. The molecule has 26 heavy (non-hydrogen) atoms. The summed E-state index contributed by atoms with van der Waals surface area (Å²) in [5, 5.41) is 7.68. The van der Waals surface area contributed by atoms with Crippen LogP contribution in [0.2, 0.25) is 0 Å². The second kappa shape index (κ2) is 7.42. The number of nitrogens with one attached hydrogen (secondary N) is 1. The molecule has 0 aliphatic rings. The van der Waals surface area contributed by atoms with Gasteiger partial charge in [-0.15, -0.1) is 0 Å². The highest BCUT2D eigenvalue weighted by atomic mass is 32.2. The quantitative estimate of drug-likeness (QED) is 0.669. The van der Waals surface area contributed by atoms with Gasteiger partial charge in [-0.3, -0.25) is 9.78 Å². The van der Waals surface area contributed by atoms with Gasteiger partial charge < -0.3 is 5.32 Å². The Hall–Kier alpha value is -3.10. The van der Waals surface area contributed by atoms with Crippen LogP contribution < -0.4 is 10.5 Å². The monoisotopic (exact) mass is 368 g/mol. The molecule has 132 valence electrons. The number of hydrogen-bond acceptors (Lipinski definition) is 5. The van der Waals surface area contributed by atoms with Gasteiger partial charge in [0.1, 0.15) is 0 Å². The zero-order chi connectivity index (χ0) is 18.6. The Balaban J connectivity index is 1.65. The third kappa shape index (κ3) is 4.95. The van der Waals surface area contributed by atoms with Gasteiger partial charge in [0.15, 0.2) is 0 Å². The van der Waals surface area contributed by atoms with Crippen molar-refractivity contribution in [1.29, 1.82) is 0 Å². The van der Waals surface area contributed by atoms with Gasteiger partial charge in [0, 0.05) is 11.8 Å². The lowest BCUT2D eigenvalue weighted by molar-refractivity contribution is -0.111. The van der Waals surface area contributed by atoms with Crippen molar-refractivity contribution in [3.63, 3.8) is 0 Å². The molecule has 0 unspecified atom stereocenters. The van der Waals surface area contributed by atoms with Crippen LogP contribution in [0.3, 0.4) is 0 Å². The number of sulfonamides is 1. The van der Waals surface area contributed by atoms with Gasteiger partial charge in [-0.2, -0.15) is 0 Å². The number of carbonyl (C=O) groups is 1. The summed E-state index contributed by atoms with van der Waals surface area (Å²) in [4.78, 5) is 20.7. The molecule has 1 amide bonds. The van der Waals surface area contributed by atoms with Gasteiger partial charge in [0.25, 0.3) is 0 Å². The molecular formula is C18H16N4O3S. The smallest absolute Gasteiger partial charge is 0.248 e. The van der Waals surface area contributed by atoms with E-state index in [0.717, 1.165) is 11.0 Å². The lowest BCUT2D eigenvalue weighted by Gasteiger charge is -2.04. The predicted molar refractivity (Wildman–Crippen MR) is 100 cm³/mol. The number of carbonyl (C=O) groups excluding carboxylic acids is 1. The molecule has 0 radical (unpaired) electrons. The molecule has 0 aliphatic carbocycles. The Labute approximate surface area is 150 Å². The SMILES string of the molecule is NS(=O)(=O)Cc1ccc(NC(=O)/C=C/c2cnc3ccccc3n2)cc1. The van der Waals surface area contributed by atoms with Crippen LogP contribution in [0.1, 0.15) is 11.3 Å². The molecule has 0 aliphatic heterocycles. The van der Waals surface area contributed by atoms with Crippen LogP contribution in [0, 0.1) is 0 Å². The first-order valence-corrected chi connectivity index (χ1v) is 9.41. The lowest BCUT2D eigenvalue weighted by atomic mass is 10.2. The molecule has 3 N–H and O–H groups in total. The van der Waals surface area contributed by atoms with Crippen LogP contribution in [0.25, 0.3) is 17.1 Å². The Morgan fingerprint density at radius 1 is 1.08 bits per heavy atom. The molecule has 0 atom stereocenters. The Morgan fingerprint density at radius 2 is 1.77 bits per heavy atom. The van der Waals surface area contributed by atoms with E-state index in [1.165, 1.54) is 6.08 Å². The predicted octanol–water partition coefficient (Wildman–Crippen LogP) is 2.07. The van der Waals surface area contributed by atoms with Gasteiger partial charge in [0.2, 0.25) is 15.9 Å². The van der Waals surface area contributed by atoms with Gasteiger partial charge in [-0.25, -0.2) is 18.5 Å². The summed E-state index contributed by atoms with van der Waals surface area (Å²) in [7, 11) is -3.58. The van der Waals surface area contributed by atoms with Gasteiger partial charge in [-0.1, -0.05) is 24.3 Å². The summed E-state index contributed by atoms with van der Waals surface area (Å²) < 4.78 is 22.1. The molecule has 3 rings (SSSR count). The minimum Gasteiger partial charge on any atom is -0.323 e. The van der Waals surface area contributed by atoms with Crippen LogP contribution in [0.4, 0.5) is 5.69 Å². The number of amides is 1. The van der Waals surface area contributed by atoms with Crippen LogP contribution in [-0.2, 0) is 20.6 Å². The first kappa shape index (κ1) is 17.7. The van der Waals surface area contributed by atoms with Crippen molar-refractivity contribution in [2.24, 2.45) is 5.14 Å². The average molecular weight is 368 g/mol. The van der Waals surface area contributed by atoms with Crippen molar-refractivity contribution in [1.82, 2.24) is 9.97 Å². The number of fused-ring (bicyclic) bond motifs is 1. The lowest BCUT2D eigenvalue weighted by Crippen LogP contribution is -2.14. The minimum absolute atomic E-state index is 0.248. The second-order valence-electron chi connectivity index (χ2n) is 5.61. The zero-order valence-corrected chi connectivity index (χ0v) is 14.5. The molecule has 8 heteroatoms. The van der Waals surface area contributed by atoms with E-state index in [2.05, 4.69) is 15.3 Å². The topological polar surface area (TPSA) is 115 Å². The number of hydrogen-bond donors (Lipinski definition) is 2. The standard InChI is InChI=1S/C18H16N4O3S/c19-26(24,25)12-13-5-7-14(8-6-13)22-18(23)10-9-15-11-20-16-3-1-2-4-17(16)21-15/h1-11H,12H2,(H,22,23)(H2,19,24,25)/b10-9+. The van der Waals surface area contributed by atoms with Crippen LogP contribution in [0.5, 0.6) is 0 Å². The Morgan fingerprint density at radius 3 is 2.46 bits per heavy atom. The molecule has 1 heterocycles. The van der Waals surface area contributed by atoms with E-state index >= 15 is 0 Å². The normalized spacial score (nSPS) is 11.7. The van der Waals surface area contributed by atoms with Crippen molar-refractivity contribution in [2.75, 3.05) is 5.32 Å². The molecule has 0 bridgehead atoms. The molecule has 3 aromatic rings. The number of benzene rings is 2. The Bertz CT molecular complexity index is 1080. The van der Waals surface area contributed by atoms with E-state index in [9.17, 15) is 13.2 Å². The second-order valence-corrected chi connectivity index (χ2v) is 7.22. The van der Waals surface area contributed by atoms with E-state index < -0.39 is 10.0 Å². The summed E-state index contributed by atoms with van der Waals surface area (Å²) in [6.45, 7) is 0. The largest absolute Gasteiger partial charge is 0.323 e. The number of primary sulfonamides is 1. The number of para-hydroxylation sites is 2. The van der Waals surface area contributed by atoms with Gasteiger partial charge in [-0.05, 0) is 35.9 Å². The molecule has 0 saturated heterocycles. The van der Waals surface area contributed by atoms with Crippen molar-refractivity contribution < 1.29 is 13.2 Å². The van der Waals surface area contributed by atoms with Gasteiger partial charge in [0.05, 0.1) is 28.7 Å². The summed E-state index contributed by atoms with van der Waals surface area (Å²) in [6.07, 6.45) is 4.52. The van der Waals surface area contributed by atoms with E-state index in [1.807, 2.05) is 24.3 Å². The number of rotatable bonds is 5. The third-order valence-corrected chi connectivity index (χ3v) is 4.20. The molecule has 0 saturated carbocycles. The van der Waals surface area contributed by atoms with E-state index in [-0.39, 0.29) is 11.7 Å². The molecule has 2 aromatic carbocycles. The van der Waals surface area contributed by atoms with Crippen molar-refractivity contribution in [3.8, 4) is 0 Å². The Kier molecular flexibility index (Phi) is 5.06. The average Bonchev–Trinajstić information content (AvgIpc) is 2.60. The maximum absolute atomic E-state index is 12.0. The van der Waals surface area contributed by atoms with Gasteiger partial charge >= 0.3 is 0 Å². The number of anilines is 1. The van der Waals surface area contributed by atoms with Crippen LogP contribution in [-0.4, -0.2) is 24.3 Å². The van der Waals surface area contributed by atoms with E-state index in [4.69, 9.17) is 5.14 Å². The van der Waals surface area contributed by atoms with Crippen LogP contribution >= 0.6 is 0 Å². The summed E-state index contributed by atoms with van der Waals surface area (Å²) >= 11 is 0. The maximum atomic E-state index is 12.0. The fourth-order valence-corrected chi connectivity index (χ4v) is 2.97. The fraction of sp³-hybridized carbons (Fsp3) is 0.0556. The highest BCUT2D eigenvalue weighted by Gasteiger charge is 2.05.